The molecule has 0 aromatic carbocycles. The highest BCUT2D eigenvalue weighted by Gasteiger charge is 2.01. The fraction of sp³-hybridized carbons (Fsp3) is 1.00. The van der Waals surface area contributed by atoms with Crippen LogP contribution in [-0.2, 0) is 18.3 Å². The molecule has 0 aromatic heterocycles. The molecule has 0 aromatic rings. The van der Waals surface area contributed by atoms with E-state index in [-0.39, 0.29) is 0 Å². The number of rotatable bonds is 0. The highest BCUT2D eigenvalue weighted by Crippen LogP contribution is 2.26. The molecule has 0 aliphatic heterocycles. The summed E-state index contributed by atoms with van der Waals surface area (Å²) in [5.41, 5.74) is 0. The van der Waals surface area contributed by atoms with Gasteiger partial charge in [0.15, 0.2) is 6.66 Å². The third kappa shape index (κ3) is 32500. The van der Waals surface area contributed by atoms with E-state index in [1.165, 1.54) is 6.66 Å². The van der Waals surface area contributed by atoms with Crippen LogP contribution in [0.3, 0.4) is 0 Å². The first-order valence-corrected chi connectivity index (χ1v) is 9.53. The van der Waals surface area contributed by atoms with E-state index in [0.29, 0.717) is 0 Å². The van der Waals surface area contributed by atoms with Crippen LogP contribution in [0.5, 0.6) is 0 Å². The third-order valence-corrected chi connectivity index (χ3v) is 0. The average Bonchev–Trinajstić information content (AvgIpc) is 1.66. The Labute approximate surface area is 106 Å². The monoisotopic (exact) mass is 373 g/mol. The first-order chi connectivity index (χ1) is 7.73. The van der Waals surface area contributed by atoms with Gasteiger partial charge in [0.2, 0.25) is 0 Å². The molecule has 0 rings (SSSR count). The normalized spacial score (nSPS) is 11.6. The van der Waals surface area contributed by atoms with Gasteiger partial charge in [0.1, 0.15) is 0 Å². The second-order valence-corrected chi connectivity index (χ2v) is 6.01. The van der Waals surface area contributed by atoms with Crippen LogP contribution in [0.2, 0.25) is 0 Å². The summed E-state index contributed by atoms with van der Waals surface area (Å²) in [6.07, 6.45) is 0. The minimum Gasteiger partial charge on any atom is -0.303 e. The Kier molecular flexibility index (Phi) is 17.7. The van der Waals surface area contributed by atoms with Gasteiger partial charge in [-0.25, -0.2) is 13.7 Å². The molecule has 0 saturated heterocycles. The summed E-state index contributed by atoms with van der Waals surface area (Å²) < 4.78 is 35.8. The van der Waals surface area contributed by atoms with Gasteiger partial charge in [-0.15, -0.1) is 0 Å². The van der Waals surface area contributed by atoms with Crippen LogP contribution in [0.25, 0.3) is 0 Å². The standard InChI is InChI=1S/CH3O2P.3H3O4P/c1-4(2)3;3*1-5(2,3)4/h1H3;3*(H3,1,2,3,4)/p+1. The Morgan fingerprint density at radius 1 is 0.632 bits per heavy atom. The van der Waals surface area contributed by atoms with Crippen LogP contribution >= 0.6 is 31.5 Å². The molecular weight excluding hydrogens is 360 g/mol. The Balaban J connectivity index is -0.0000000793. The lowest BCUT2D eigenvalue weighted by atomic mass is 12.0. The van der Waals surface area contributed by atoms with E-state index in [1.54, 1.807) is 0 Å². The van der Waals surface area contributed by atoms with Gasteiger partial charge in [-0.3, -0.25) is 0 Å². The minimum atomic E-state index is -4.64. The molecule has 19 heavy (non-hydrogen) atoms. The topological polar surface area (TPSA) is 271 Å². The highest BCUT2D eigenvalue weighted by atomic mass is 31.2. The van der Waals surface area contributed by atoms with Crippen molar-refractivity contribution in [1.29, 1.82) is 0 Å². The Morgan fingerprint density at radius 2 is 0.632 bits per heavy atom. The Bertz CT molecular complexity index is 275. The fourth-order valence-electron chi connectivity index (χ4n) is 0. The molecule has 0 heterocycles. The van der Waals surface area contributed by atoms with Gasteiger partial charge >= 0.3 is 31.5 Å². The summed E-state index contributed by atoms with van der Waals surface area (Å²) >= 11 is 0. The second kappa shape index (κ2) is 12.2. The first kappa shape index (κ1) is 27.7. The van der Waals surface area contributed by atoms with Crippen LogP contribution in [0.15, 0.2) is 0 Å². The van der Waals surface area contributed by atoms with E-state index >= 15 is 0 Å². The van der Waals surface area contributed by atoms with Gasteiger partial charge in [0.25, 0.3) is 0 Å². The molecule has 0 bridgehead atoms. The summed E-state index contributed by atoms with van der Waals surface area (Å²) in [5, 5.41) is 0. The van der Waals surface area contributed by atoms with Gasteiger partial charge in [-0.05, 0) is 4.57 Å². The SMILES string of the molecule is C[P+](=O)O.O=P(O)(O)O.O=P(O)(O)O.O=P(O)(O)O. The van der Waals surface area contributed by atoms with E-state index in [1.807, 2.05) is 0 Å². The van der Waals surface area contributed by atoms with E-state index in [0.717, 1.165) is 0 Å². The molecule has 0 amide bonds. The molecule has 14 nitrogen and oxygen atoms in total. The van der Waals surface area contributed by atoms with Crippen molar-refractivity contribution in [2.75, 3.05) is 6.66 Å². The zero-order chi connectivity index (χ0) is 17.1. The Morgan fingerprint density at radius 3 is 0.632 bits per heavy atom. The predicted molar refractivity (Wildman–Crippen MR) is 58.5 cm³/mol. The lowest BCUT2D eigenvalue weighted by Gasteiger charge is -1.82. The maximum absolute atomic E-state index is 9.15. The maximum Gasteiger partial charge on any atom is 0.502 e. The molecule has 18 heteroatoms. The van der Waals surface area contributed by atoms with Crippen LogP contribution in [0, 0.1) is 0 Å². The van der Waals surface area contributed by atoms with E-state index in [2.05, 4.69) is 0 Å². The van der Waals surface area contributed by atoms with Crippen LogP contribution < -0.4 is 0 Å². The lowest BCUT2D eigenvalue weighted by Crippen LogP contribution is -1.66. The van der Waals surface area contributed by atoms with Crippen molar-refractivity contribution in [3.05, 3.63) is 0 Å². The van der Waals surface area contributed by atoms with Crippen molar-refractivity contribution >= 4 is 31.5 Å². The predicted octanol–water partition coefficient (Wildman–Crippen LogP) is -2.43. The molecule has 1 atom stereocenters. The van der Waals surface area contributed by atoms with E-state index < -0.39 is 31.5 Å². The van der Waals surface area contributed by atoms with Crippen molar-refractivity contribution in [3.8, 4) is 0 Å². The zero-order valence-electron chi connectivity index (χ0n) is 8.89. The molecule has 0 saturated carbocycles. The van der Waals surface area contributed by atoms with Crippen molar-refractivity contribution < 1.29 is 67.2 Å². The lowest BCUT2D eigenvalue weighted by molar-refractivity contribution is 0.272. The van der Waals surface area contributed by atoms with Crippen molar-refractivity contribution in [3.63, 3.8) is 0 Å². The van der Waals surface area contributed by atoms with Crippen molar-refractivity contribution in [2.45, 2.75) is 0 Å². The largest absolute Gasteiger partial charge is 0.502 e. The molecule has 10 N–H and O–H groups in total. The molecule has 0 spiro atoms. The van der Waals surface area contributed by atoms with Crippen LogP contribution in [0.1, 0.15) is 0 Å². The van der Waals surface area contributed by atoms with Gasteiger partial charge in [-0.2, -0.15) is 4.89 Å². The zero-order valence-corrected chi connectivity index (χ0v) is 12.5. The maximum atomic E-state index is 9.15. The molecule has 1 unspecified atom stereocenters. The highest BCUT2D eigenvalue weighted by molar-refractivity contribution is 7.45. The van der Waals surface area contributed by atoms with E-state index in [4.69, 9.17) is 67.2 Å². The van der Waals surface area contributed by atoms with E-state index in [9.17, 15) is 0 Å². The first-order valence-electron chi connectivity index (χ1n) is 3.18. The van der Waals surface area contributed by atoms with Gasteiger partial charge in [0, 0.05) is 0 Å². The summed E-state index contributed by atoms with van der Waals surface area (Å²) in [5.74, 6) is 0. The number of phosphoric acid groups is 3. The minimum absolute atomic E-state index is 1.23. The smallest absolute Gasteiger partial charge is 0.303 e. The van der Waals surface area contributed by atoms with Gasteiger partial charge < -0.3 is 44.0 Å². The summed E-state index contributed by atoms with van der Waals surface area (Å²) in [6, 6.07) is 0. The fourth-order valence-corrected chi connectivity index (χ4v) is 0. The second-order valence-electron chi connectivity index (χ2n) is 2.00. The number of hydrogen-bond acceptors (Lipinski definition) is 4. The molecule has 0 aliphatic rings. The molecular formula is CH13O14P4+. The molecule has 120 valence electrons. The third-order valence-electron chi connectivity index (χ3n) is 0. The number of hydrogen-bond donors (Lipinski definition) is 10. The molecule has 0 fully saturated rings. The summed E-state index contributed by atoms with van der Waals surface area (Å²) in [4.78, 5) is 72.3. The Hall–Kier alpha value is 0.390. The quantitative estimate of drug-likeness (QED) is 0.198. The molecule has 0 radical (unpaired) electrons. The summed E-state index contributed by atoms with van der Waals surface area (Å²) in [7, 11) is -15.8. The molecule has 0 aliphatic carbocycles. The average molecular weight is 373 g/mol. The van der Waals surface area contributed by atoms with Crippen LogP contribution in [0.4, 0.5) is 0 Å². The van der Waals surface area contributed by atoms with Crippen molar-refractivity contribution in [1.82, 2.24) is 0 Å². The van der Waals surface area contributed by atoms with Gasteiger partial charge in [-0.1, -0.05) is 0 Å². The van der Waals surface area contributed by atoms with Crippen LogP contribution in [-0.4, -0.2) is 55.6 Å². The summed E-state index contributed by atoms with van der Waals surface area (Å²) in [6.45, 7) is 1.23. The van der Waals surface area contributed by atoms with Crippen molar-refractivity contribution in [2.24, 2.45) is 0 Å². The van der Waals surface area contributed by atoms with Gasteiger partial charge in [0.05, 0.1) is 0 Å².